The van der Waals surface area contributed by atoms with Gasteiger partial charge in [-0.05, 0) is 60.5 Å². The fraction of sp³-hybridized carbons (Fsp3) is 0.179. The minimum atomic E-state index is -0.912. The summed E-state index contributed by atoms with van der Waals surface area (Å²) in [7, 11) is 1.54. The largest absolute Gasteiger partial charge is 0.507 e. The lowest BCUT2D eigenvalue weighted by atomic mass is 9.95. The van der Waals surface area contributed by atoms with Crippen molar-refractivity contribution in [1.29, 1.82) is 0 Å². The van der Waals surface area contributed by atoms with E-state index in [4.69, 9.17) is 14.2 Å². The molecule has 1 N–H and O–H groups in total. The second-order valence-electron chi connectivity index (χ2n) is 8.77. The summed E-state index contributed by atoms with van der Waals surface area (Å²) in [5.74, 6) is -0.287. The standard InChI is InChI=1S/C28H22N2O6S/c1-15-6-8-19-22(12-15)37-28(29-19)30-24(16-4-3-5-18(13-16)34-2)23(26(32)27(30)33)25(31)17-7-9-20-21(14-17)36-11-10-35-20/h3-9,12-14,24,31H,10-11H2,1-2H3/b25-23+. The topological polar surface area (TPSA) is 98.2 Å². The third kappa shape index (κ3) is 3.88. The van der Waals surface area contributed by atoms with Crippen molar-refractivity contribution in [2.75, 3.05) is 25.2 Å². The number of amides is 1. The number of carbonyl (C=O) groups excluding carboxylic acids is 2. The molecule has 186 valence electrons. The molecule has 1 atom stereocenters. The van der Waals surface area contributed by atoms with Gasteiger partial charge in [0, 0.05) is 5.56 Å². The Hall–Kier alpha value is -4.37. The lowest BCUT2D eigenvalue weighted by molar-refractivity contribution is -0.132. The molecule has 8 nitrogen and oxygen atoms in total. The summed E-state index contributed by atoms with van der Waals surface area (Å²) in [6.45, 7) is 2.79. The summed E-state index contributed by atoms with van der Waals surface area (Å²) in [6, 6.07) is 16.9. The summed E-state index contributed by atoms with van der Waals surface area (Å²) in [5.41, 5.74) is 2.70. The van der Waals surface area contributed by atoms with E-state index in [1.807, 2.05) is 25.1 Å². The van der Waals surface area contributed by atoms with Crippen LogP contribution in [0.2, 0.25) is 0 Å². The highest BCUT2D eigenvalue weighted by atomic mass is 32.1. The van der Waals surface area contributed by atoms with Crippen molar-refractivity contribution in [1.82, 2.24) is 4.98 Å². The van der Waals surface area contributed by atoms with Crippen molar-refractivity contribution in [2.24, 2.45) is 0 Å². The van der Waals surface area contributed by atoms with E-state index in [9.17, 15) is 14.7 Å². The molecule has 1 amide bonds. The first-order chi connectivity index (χ1) is 17.9. The number of aliphatic hydroxyl groups is 1. The molecule has 0 aliphatic carbocycles. The maximum Gasteiger partial charge on any atom is 0.301 e. The zero-order valence-electron chi connectivity index (χ0n) is 20.1. The number of ether oxygens (including phenoxy) is 3. The lowest BCUT2D eigenvalue weighted by Gasteiger charge is -2.23. The minimum Gasteiger partial charge on any atom is -0.507 e. The quantitative estimate of drug-likeness (QED) is 0.232. The highest BCUT2D eigenvalue weighted by molar-refractivity contribution is 7.22. The van der Waals surface area contributed by atoms with E-state index >= 15 is 0 Å². The zero-order valence-corrected chi connectivity index (χ0v) is 20.9. The first-order valence-electron chi connectivity index (χ1n) is 11.7. The Morgan fingerprint density at radius 2 is 1.86 bits per heavy atom. The number of hydrogen-bond acceptors (Lipinski definition) is 8. The molecule has 37 heavy (non-hydrogen) atoms. The van der Waals surface area contributed by atoms with E-state index in [0.29, 0.717) is 46.7 Å². The number of ketones is 1. The number of thiazole rings is 1. The maximum atomic E-state index is 13.5. The van der Waals surface area contributed by atoms with Crippen molar-refractivity contribution in [3.8, 4) is 17.2 Å². The molecule has 9 heteroatoms. The molecule has 0 bridgehead atoms. The molecule has 0 radical (unpaired) electrons. The highest BCUT2D eigenvalue weighted by Gasteiger charge is 2.48. The predicted octanol–water partition coefficient (Wildman–Crippen LogP) is 5.01. The number of anilines is 1. The molecule has 3 aromatic carbocycles. The second-order valence-corrected chi connectivity index (χ2v) is 9.78. The van der Waals surface area contributed by atoms with E-state index in [2.05, 4.69) is 4.98 Å². The maximum absolute atomic E-state index is 13.5. The van der Waals surface area contributed by atoms with Gasteiger partial charge in [0.2, 0.25) is 0 Å². The van der Waals surface area contributed by atoms with E-state index in [0.717, 1.165) is 15.8 Å². The molecule has 6 rings (SSSR count). The summed E-state index contributed by atoms with van der Waals surface area (Å²) in [6.07, 6.45) is 0. The molecule has 1 unspecified atom stereocenters. The molecule has 2 aliphatic rings. The molecular weight excluding hydrogens is 492 g/mol. The summed E-state index contributed by atoms with van der Waals surface area (Å²) in [5, 5.41) is 11.8. The first-order valence-corrected chi connectivity index (χ1v) is 12.5. The van der Waals surface area contributed by atoms with E-state index in [1.54, 1.807) is 49.6 Å². The average Bonchev–Trinajstić information content (AvgIpc) is 3.45. The van der Waals surface area contributed by atoms with Crippen LogP contribution in [0.15, 0.2) is 66.2 Å². The number of hydrogen-bond donors (Lipinski definition) is 1. The van der Waals surface area contributed by atoms with Crippen LogP contribution in [0.25, 0.3) is 16.0 Å². The van der Waals surface area contributed by atoms with E-state index < -0.39 is 17.7 Å². The monoisotopic (exact) mass is 514 g/mol. The van der Waals surface area contributed by atoms with Crippen LogP contribution in [0.1, 0.15) is 22.7 Å². The van der Waals surface area contributed by atoms with Crippen LogP contribution in [0.4, 0.5) is 5.13 Å². The Kier molecular flexibility index (Phi) is 5.57. The van der Waals surface area contributed by atoms with Crippen molar-refractivity contribution < 1.29 is 28.9 Å². The molecule has 3 heterocycles. The Balaban J connectivity index is 1.55. The minimum absolute atomic E-state index is 0.0367. The molecule has 1 aromatic heterocycles. The van der Waals surface area contributed by atoms with Gasteiger partial charge in [0.1, 0.15) is 24.7 Å². The third-order valence-electron chi connectivity index (χ3n) is 6.41. The number of benzene rings is 3. The van der Waals surface area contributed by atoms with Crippen LogP contribution >= 0.6 is 11.3 Å². The van der Waals surface area contributed by atoms with Crippen LogP contribution in [0.5, 0.6) is 17.2 Å². The molecule has 1 fully saturated rings. The van der Waals surface area contributed by atoms with Gasteiger partial charge in [-0.3, -0.25) is 14.5 Å². The molecular formula is C28H22N2O6S. The van der Waals surface area contributed by atoms with Crippen molar-refractivity contribution in [3.63, 3.8) is 0 Å². The number of nitrogens with zero attached hydrogens (tertiary/aromatic N) is 2. The van der Waals surface area contributed by atoms with E-state index in [1.165, 1.54) is 16.2 Å². The molecule has 0 spiro atoms. The third-order valence-corrected chi connectivity index (χ3v) is 7.43. The van der Waals surface area contributed by atoms with Gasteiger partial charge in [-0.25, -0.2) is 4.98 Å². The van der Waals surface area contributed by atoms with Crippen LogP contribution in [0, 0.1) is 6.92 Å². The van der Waals surface area contributed by atoms with Gasteiger partial charge >= 0.3 is 5.91 Å². The number of methoxy groups -OCH3 is 1. The zero-order chi connectivity index (χ0) is 25.7. The molecule has 0 saturated carbocycles. The Morgan fingerprint density at radius 3 is 2.68 bits per heavy atom. The van der Waals surface area contributed by atoms with Crippen LogP contribution in [-0.4, -0.2) is 42.1 Å². The summed E-state index contributed by atoms with van der Waals surface area (Å²) >= 11 is 1.32. The van der Waals surface area contributed by atoms with Gasteiger partial charge in [0.25, 0.3) is 5.78 Å². The molecule has 1 saturated heterocycles. The van der Waals surface area contributed by atoms with Gasteiger partial charge in [0.05, 0.1) is 28.9 Å². The van der Waals surface area contributed by atoms with Crippen LogP contribution in [0.3, 0.4) is 0 Å². The van der Waals surface area contributed by atoms with Crippen LogP contribution < -0.4 is 19.1 Å². The Morgan fingerprint density at radius 1 is 1.05 bits per heavy atom. The second kappa shape index (κ2) is 8.94. The average molecular weight is 515 g/mol. The Bertz CT molecular complexity index is 1610. The number of aliphatic hydroxyl groups excluding tert-OH is 1. The van der Waals surface area contributed by atoms with Crippen molar-refractivity contribution >= 4 is 44.1 Å². The van der Waals surface area contributed by atoms with Gasteiger partial charge in [-0.15, -0.1) is 0 Å². The number of aromatic nitrogens is 1. The number of carbonyl (C=O) groups is 2. The molecule has 4 aromatic rings. The van der Waals surface area contributed by atoms with Gasteiger partial charge in [-0.1, -0.05) is 29.5 Å². The SMILES string of the molecule is COc1cccc(C2/C(=C(\O)c3ccc4c(c3)OCCO4)C(=O)C(=O)N2c2nc3ccc(C)cc3s2)c1. The summed E-state index contributed by atoms with van der Waals surface area (Å²) in [4.78, 5) is 33.0. The van der Waals surface area contributed by atoms with E-state index in [-0.39, 0.29) is 11.3 Å². The fourth-order valence-electron chi connectivity index (χ4n) is 4.63. The summed E-state index contributed by atoms with van der Waals surface area (Å²) < 4.78 is 17.5. The number of rotatable bonds is 4. The van der Waals surface area contributed by atoms with Gasteiger partial charge in [0.15, 0.2) is 16.6 Å². The normalized spacial score (nSPS) is 18.4. The number of aryl methyl sites for hydroxylation is 1. The predicted molar refractivity (Wildman–Crippen MR) is 140 cm³/mol. The molecule has 2 aliphatic heterocycles. The van der Waals surface area contributed by atoms with Crippen molar-refractivity contribution in [2.45, 2.75) is 13.0 Å². The highest BCUT2D eigenvalue weighted by Crippen LogP contribution is 2.45. The lowest BCUT2D eigenvalue weighted by Crippen LogP contribution is -2.29. The van der Waals surface area contributed by atoms with Crippen molar-refractivity contribution in [3.05, 3.63) is 82.9 Å². The van der Waals surface area contributed by atoms with Crippen LogP contribution in [-0.2, 0) is 9.59 Å². The smallest absolute Gasteiger partial charge is 0.301 e. The Labute approximate surface area is 216 Å². The van der Waals surface area contributed by atoms with Gasteiger partial charge < -0.3 is 19.3 Å². The number of Topliss-reactive ketones (excluding diaryl/α,β-unsaturated/α-hetero) is 1. The number of fused-ring (bicyclic) bond motifs is 2. The van der Waals surface area contributed by atoms with Gasteiger partial charge in [-0.2, -0.15) is 0 Å². The fourth-order valence-corrected chi connectivity index (χ4v) is 5.72. The first kappa shape index (κ1) is 23.1.